The maximum atomic E-state index is 12.3. The van der Waals surface area contributed by atoms with Crippen molar-refractivity contribution in [2.24, 2.45) is 11.3 Å². The third-order valence-corrected chi connectivity index (χ3v) is 3.96. The van der Waals surface area contributed by atoms with Gasteiger partial charge in [-0.05, 0) is 32.1 Å². The topological polar surface area (TPSA) is 52.6 Å². The normalized spacial score (nSPS) is 25.8. The van der Waals surface area contributed by atoms with E-state index in [1.165, 1.54) is 0 Å². The van der Waals surface area contributed by atoms with Crippen LogP contribution in [0, 0.1) is 11.3 Å². The van der Waals surface area contributed by atoms with Crippen molar-refractivity contribution >= 4 is 11.8 Å². The number of methoxy groups -OCH3 is 1. The Morgan fingerprint density at radius 1 is 1.44 bits per heavy atom. The highest BCUT2D eigenvalue weighted by atomic mass is 16.5. The Balaban J connectivity index is 2.92. The van der Waals surface area contributed by atoms with Crippen molar-refractivity contribution in [1.29, 1.82) is 0 Å². The van der Waals surface area contributed by atoms with Crippen molar-refractivity contribution in [2.45, 2.75) is 46.0 Å². The van der Waals surface area contributed by atoms with Crippen LogP contribution in [0.5, 0.6) is 0 Å². The zero-order chi connectivity index (χ0) is 13.6. The molecule has 0 bridgehead atoms. The summed E-state index contributed by atoms with van der Waals surface area (Å²) in [6, 6.07) is 0. The van der Waals surface area contributed by atoms with E-state index < -0.39 is 5.41 Å². The van der Waals surface area contributed by atoms with Gasteiger partial charge in [0.25, 0.3) is 0 Å². The number of rotatable bonds is 6. The first kappa shape index (κ1) is 15.2. The van der Waals surface area contributed by atoms with Gasteiger partial charge in [0.1, 0.15) is 11.2 Å². The van der Waals surface area contributed by atoms with Gasteiger partial charge in [-0.25, -0.2) is 0 Å². The SMILES string of the molecule is CCOC(=O)C1(C(C)CCOC)CCCCC1=O. The lowest BCUT2D eigenvalue weighted by Crippen LogP contribution is -2.48. The molecule has 0 N–H and O–H groups in total. The van der Waals surface area contributed by atoms with E-state index in [9.17, 15) is 9.59 Å². The van der Waals surface area contributed by atoms with Gasteiger partial charge in [-0.15, -0.1) is 0 Å². The van der Waals surface area contributed by atoms with Gasteiger partial charge in [0, 0.05) is 20.1 Å². The molecule has 1 fully saturated rings. The highest BCUT2D eigenvalue weighted by molar-refractivity contribution is 6.04. The highest BCUT2D eigenvalue weighted by Crippen LogP contribution is 2.42. The van der Waals surface area contributed by atoms with E-state index in [1.54, 1.807) is 14.0 Å². The Kier molecular flexibility index (Phi) is 5.79. The molecule has 1 saturated carbocycles. The van der Waals surface area contributed by atoms with Crippen LogP contribution >= 0.6 is 0 Å². The van der Waals surface area contributed by atoms with Crippen LogP contribution in [-0.4, -0.2) is 32.1 Å². The summed E-state index contributed by atoms with van der Waals surface area (Å²) in [4.78, 5) is 24.5. The Hall–Kier alpha value is -0.900. The van der Waals surface area contributed by atoms with Crippen molar-refractivity contribution in [2.75, 3.05) is 20.3 Å². The summed E-state index contributed by atoms with van der Waals surface area (Å²) in [7, 11) is 1.63. The number of Topliss-reactive ketones (excluding diaryl/α,β-unsaturated/α-hetero) is 1. The number of hydrogen-bond acceptors (Lipinski definition) is 4. The van der Waals surface area contributed by atoms with Crippen LogP contribution in [0.1, 0.15) is 46.0 Å². The second-order valence-electron chi connectivity index (χ2n) is 5.00. The maximum absolute atomic E-state index is 12.3. The number of carbonyl (C=O) groups is 2. The summed E-state index contributed by atoms with van der Waals surface area (Å²) in [6.07, 6.45) is 3.63. The quantitative estimate of drug-likeness (QED) is 0.540. The number of ketones is 1. The van der Waals surface area contributed by atoms with Gasteiger partial charge in [0.2, 0.25) is 0 Å². The minimum absolute atomic E-state index is 0.0238. The van der Waals surface area contributed by atoms with Crippen LogP contribution in [-0.2, 0) is 19.1 Å². The maximum Gasteiger partial charge on any atom is 0.319 e. The van der Waals surface area contributed by atoms with Crippen LogP contribution in [0.25, 0.3) is 0 Å². The molecule has 1 aliphatic rings. The van der Waals surface area contributed by atoms with E-state index in [1.807, 2.05) is 6.92 Å². The number of hydrogen-bond donors (Lipinski definition) is 0. The fraction of sp³-hybridized carbons (Fsp3) is 0.857. The van der Waals surface area contributed by atoms with Crippen LogP contribution < -0.4 is 0 Å². The smallest absolute Gasteiger partial charge is 0.319 e. The summed E-state index contributed by atoms with van der Waals surface area (Å²) >= 11 is 0. The molecule has 18 heavy (non-hydrogen) atoms. The fourth-order valence-electron chi connectivity index (χ4n) is 2.79. The number of esters is 1. The molecule has 2 atom stereocenters. The zero-order valence-electron chi connectivity index (χ0n) is 11.7. The predicted octanol–water partition coefficient (Wildman–Crippen LogP) is 2.35. The molecule has 0 radical (unpaired) electrons. The second-order valence-corrected chi connectivity index (χ2v) is 5.00. The molecule has 104 valence electrons. The van der Waals surface area contributed by atoms with Gasteiger partial charge in [-0.2, -0.15) is 0 Å². The first-order chi connectivity index (χ1) is 8.59. The van der Waals surface area contributed by atoms with Gasteiger partial charge in [-0.3, -0.25) is 9.59 Å². The van der Waals surface area contributed by atoms with Crippen LogP contribution in [0.4, 0.5) is 0 Å². The molecule has 2 unspecified atom stereocenters. The third kappa shape index (κ3) is 2.91. The lowest BCUT2D eigenvalue weighted by Gasteiger charge is -2.38. The number of ether oxygens (including phenoxy) is 2. The van der Waals surface area contributed by atoms with E-state index in [0.717, 1.165) is 12.8 Å². The van der Waals surface area contributed by atoms with Crippen molar-refractivity contribution < 1.29 is 19.1 Å². The Bertz CT molecular complexity index is 300. The van der Waals surface area contributed by atoms with Crippen LogP contribution in [0.3, 0.4) is 0 Å². The monoisotopic (exact) mass is 256 g/mol. The molecule has 1 aliphatic carbocycles. The molecule has 0 aromatic rings. The summed E-state index contributed by atoms with van der Waals surface area (Å²) < 4.78 is 10.2. The Morgan fingerprint density at radius 3 is 2.72 bits per heavy atom. The zero-order valence-corrected chi connectivity index (χ0v) is 11.7. The van der Waals surface area contributed by atoms with Crippen molar-refractivity contribution in [3.05, 3.63) is 0 Å². The molecular formula is C14H24O4. The Labute approximate surface area is 109 Å². The fourth-order valence-corrected chi connectivity index (χ4v) is 2.79. The third-order valence-electron chi connectivity index (χ3n) is 3.96. The predicted molar refractivity (Wildman–Crippen MR) is 68.2 cm³/mol. The van der Waals surface area contributed by atoms with E-state index in [0.29, 0.717) is 32.5 Å². The second kappa shape index (κ2) is 6.88. The average molecular weight is 256 g/mol. The highest BCUT2D eigenvalue weighted by Gasteiger charge is 2.51. The summed E-state index contributed by atoms with van der Waals surface area (Å²) in [5.74, 6) is -0.307. The standard InChI is InChI=1S/C14H24O4/c1-4-18-13(16)14(11(2)8-10-17-3)9-6-5-7-12(14)15/h11H,4-10H2,1-3H3. The largest absolute Gasteiger partial charge is 0.465 e. The van der Waals surface area contributed by atoms with Gasteiger partial charge in [0.05, 0.1) is 6.61 Å². The first-order valence-electron chi connectivity index (χ1n) is 6.79. The summed E-state index contributed by atoms with van der Waals surface area (Å²) in [5, 5.41) is 0. The van der Waals surface area contributed by atoms with Crippen molar-refractivity contribution in [3.8, 4) is 0 Å². The molecule has 0 aromatic heterocycles. The van der Waals surface area contributed by atoms with Gasteiger partial charge in [0.15, 0.2) is 0 Å². The van der Waals surface area contributed by atoms with E-state index in [4.69, 9.17) is 9.47 Å². The van der Waals surface area contributed by atoms with Gasteiger partial charge >= 0.3 is 5.97 Å². The van der Waals surface area contributed by atoms with E-state index >= 15 is 0 Å². The van der Waals surface area contributed by atoms with Crippen molar-refractivity contribution in [3.63, 3.8) is 0 Å². The molecule has 0 heterocycles. The molecule has 4 heteroatoms. The van der Waals surface area contributed by atoms with Gasteiger partial charge in [-0.1, -0.05) is 13.3 Å². The molecule has 0 saturated heterocycles. The number of carbonyl (C=O) groups excluding carboxylic acids is 2. The molecule has 4 nitrogen and oxygen atoms in total. The minimum Gasteiger partial charge on any atom is -0.465 e. The lowest BCUT2D eigenvalue weighted by molar-refractivity contribution is -0.166. The summed E-state index contributed by atoms with van der Waals surface area (Å²) in [6.45, 7) is 4.62. The summed E-state index contributed by atoms with van der Waals surface area (Å²) in [5.41, 5.74) is -0.924. The molecule has 1 rings (SSSR count). The molecule has 0 amide bonds. The van der Waals surface area contributed by atoms with Crippen molar-refractivity contribution in [1.82, 2.24) is 0 Å². The van der Waals surface area contributed by atoms with Crippen LogP contribution in [0.15, 0.2) is 0 Å². The minimum atomic E-state index is -0.924. The van der Waals surface area contributed by atoms with Gasteiger partial charge < -0.3 is 9.47 Å². The molecule has 0 aliphatic heterocycles. The first-order valence-corrected chi connectivity index (χ1v) is 6.79. The molecular weight excluding hydrogens is 232 g/mol. The van der Waals surface area contributed by atoms with E-state index in [2.05, 4.69) is 0 Å². The molecule has 0 aromatic carbocycles. The van der Waals surface area contributed by atoms with E-state index in [-0.39, 0.29) is 17.7 Å². The average Bonchev–Trinajstić information content (AvgIpc) is 2.37. The van der Waals surface area contributed by atoms with Crippen LogP contribution in [0.2, 0.25) is 0 Å². The lowest BCUT2D eigenvalue weighted by atomic mass is 9.64. The molecule has 0 spiro atoms. The Morgan fingerprint density at radius 2 is 2.17 bits per heavy atom.